The van der Waals surface area contributed by atoms with Gasteiger partial charge >= 0.3 is 5.97 Å². The maximum Gasteiger partial charge on any atom is 0.344 e. The molecular formula is C18H18Cl2N2O4. The van der Waals surface area contributed by atoms with Crippen molar-refractivity contribution in [2.75, 3.05) is 18.5 Å². The van der Waals surface area contributed by atoms with Crippen LogP contribution in [-0.2, 0) is 14.3 Å². The second kappa shape index (κ2) is 8.87. The molecule has 0 atom stereocenters. The minimum atomic E-state index is -0.661. The van der Waals surface area contributed by atoms with Crippen LogP contribution in [0.2, 0.25) is 10.0 Å². The molecule has 0 spiro atoms. The number of hydrogen-bond acceptors (Lipinski definition) is 5. The van der Waals surface area contributed by atoms with Crippen molar-refractivity contribution < 1.29 is 19.1 Å². The number of anilines is 1. The van der Waals surface area contributed by atoms with Gasteiger partial charge in [-0.05, 0) is 38.5 Å². The molecule has 1 amide bonds. The number of aromatic nitrogens is 1. The van der Waals surface area contributed by atoms with E-state index < -0.39 is 18.5 Å². The van der Waals surface area contributed by atoms with Gasteiger partial charge in [-0.25, -0.2) is 9.78 Å². The van der Waals surface area contributed by atoms with Crippen LogP contribution in [0.4, 0.5) is 5.82 Å². The molecule has 1 N–H and O–H groups in total. The summed E-state index contributed by atoms with van der Waals surface area (Å²) >= 11 is 11.8. The van der Waals surface area contributed by atoms with E-state index in [1.807, 2.05) is 26.0 Å². The number of pyridine rings is 1. The van der Waals surface area contributed by atoms with Crippen molar-refractivity contribution in [3.05, 3.63) is 51.1 Å². The van der Waals surface area contributed by atoms with Gasteiger partial charge in [0.2, 0.25) is 0 Å². The van der Waals surface area contributed by atoms with E-state index in [9.17, 15) is 9.59 Å². The number of amides is 1. The fraction of sp³-hybridized carbons (Fsp3) is 0.278. The van der Waals surface area contributed by atoms with Crippen LogP contribution in [0.15, 0.2) is 24.3 Å². The van der Waals surface area contributed by atoms with Crippen LogP contribution < -0.4 is 10.1 Å². The third-order valence-electron chi connectivity index (χ3n) is 3.40. The number of halogens is 2. The molecule has 0 bridgehead atoms. The molecule has 0 saturated carbocycles. The Bertz CT molecular complexity index is 840. The highest BCUT2D eigenvalue weighted by molar-refractivity contribution is 6.36. The first-order valence-electron chi connectivity index (χ1n) is 7.74. The summed E-state index contributed by atoms with van der Waals surface area (Å²) in [4.78, 5) is 27.7. The number of benzene rings is 1. The second-order valence-corrected chi connectivity index (χ2v) is 6.47. The van der Waals surface area contributed by atoms with Crippen LogP contribution in [0, 0.1) is 20.8 Å². The SMILES string of the molecule is Cc1ccc(OCC(=O)OCC(=O)Nc2nc(C)c(Cl)cc2Cl)c(C)c1. The number of carbonyl (C=O) groups is 2. The van der Waals surface area contributed by atoms with Crippen molar-refractivity contribution in [1.82, 2.24) is 4.98 Å². The molecule has 0 aliphatic heterocycles. The first-order valence-corrected chi connectivity index (χ1v) is 8.50. The van der Waals surface area contributed by atoms with Crippen molar-refractivity contribution in [2.24, 2.45) is 0 Å². The Hall–Kier alpha value is -2.31. The Kier molecular flexibility index (Phi) is 6.83. The average Bonchev–Trinajstić information content (AvgIpc) is 2.57. The zero-order valence-corrected chi connectivity index (χ0v) is 16.1. The third kappa shape index (κ3) is 5.61. The topological polar surface area (TPSA) is 77.5 Å². The largest absolute Gasteiger partial charge is 0.482 e. The molecule has 1 aromatic heterocycles. The lowest BCUT2D eigenvalue weighted by Gasteiger charge is -2.10. The fourth-order valence-corrected chi connectivity index (χ4v) is 2.51. The maximum atomic E-state index is 11.9. The van der Waals surface area contributed by atoms with E-state index in [1.54, 1.807) is 13.0 Å². The van der Waals surface area contributed by atoms with Crippen LogP contribution in [0.1, 0.15) is 16.8 Å². The van der Waals surface area contributed by atoms with Gasteiger partial charge in [-0.3, -0.25) is 4.79 Å². The third-order valence-corrected chi connectivity index (χ3v) is 4.07. The Balaban J connectivity index is 1.81. The van der Waals surface area contributed by atoms with Gasteiger partial charge in [0.25, 0.3) is 5.91 Å². The van der Waals surface area contributed by atoms with Crippen LogP contribution in [0.25, 0.3) is 0 Å². The summed E-state index contributed by atoms with van der Waals surface area (Å²) in [5.41, 5.74) is 2.53. The highest BCUT2D eigenvalue weighted by Crippen LogP contribution is 2.25. The summed E-state index contributed by atoms with van der Waals surface area (Å²) in [5.74, 6) is -0.488. The molecular weight excluding hydrogens is 379 g/mol. The average molecular weight is 397 g/mol. The summed E-state index contributed by atoms with van der Waals surface area (Å²) in [6.07, 6.45) is 0. The number of carbonyl (C=O) groups excluding carboxylic acids is 2. The molecule has 0 unspecified atom stereocenters. The summed E-state index contributed by atoms with van der Waals surface area (Å²) in [5, 5.41) is 3.05. The van der Waals surface area contributed by atoms with Gasteiger partial charge in [0.1, 0.15) is 5.75 Å². The number of rotatable bonds is 6. The van der Waals surface area contributed by atoms with Crippen LogP contribution in [0.3, 0.4) is 0 Å². The molecule has 138 valence electrons. The molecule has 0 fully saturated rings. The summed E-state index contributed by atoms with van der Waals surface area (Å²) in [6, 6.07) is 7.08. The highest BCUT2D eigenvalue weighted by atomic mass is 35.5. The minimum Gasteiger partial charge on any atom is -0.482 e. The standard InChI is InChI=1S/C18H18Cl2N2O4/c1-10-4-5-15(11(2)6-10)25-9-17(24)26-8-16(23)22-18-14(20)7-13(19)12(3)21-18/h4-7H,8-9H2,1-3H3,(H,21,22,23). The maximum absolute atomic E-state index is 11.9. The van der Waals surface area contributed by atoms with Gasteiger partial charge in [-0.1, -0.05) is 40.9 Å². The van der Waals surface area contributed by atoms with Gasteiger partial charge in [0, 0.05) is 0 Å². The van der Waals surface area contributed by atoms with Gasteiger partial charge in [0.05, 0.1) is 15.7 Å². The number of nitrogens with zero attached hydrogens (tertiary/aromatic N) is 1. The molecule has 0 aliphatic carbocycles. The zero-order chi connectivity index (χ0) is 19.3. The van der Waals surface area contributed by atoms with Gasteiger partial charge in [0.15, 0.2) is 19.0 Å². The Morgan fingerprint density at radius 3 is 2.50 bits per heavy atom. The van der Waals surface area contributed by atoms with E-state index in [4.69, 9.17) is 32.7 Å². The molecule has 6 nitrogen and oxygen atoms in total. The van der Waals surface area contributed by atoms with Gasteiger partial charge in [-0.15, -0.1) is 0 Å². The van der Waals surface area contributed by atoms with E-state index in [1.165, 1.54) is 6.07 Å². The number of hydrogen-bond donors (Lipinski definition) is 1. The van der Waals surface area contributed by atoms with Crippen molar-refractivity contribution in [3.63, 3.8) is 0 Å². The number of aryl methyl sites for hydroxylation is 3. The number of esters is 1. The smallest absolute Gasteiger partial charge is 0.344 e. The molecule has 8 heteroatoms. The summed E-state index contributed by atoms with van der Waals surface area (Å²) < 4.78 is 10.3. The lowest BCUT2D eigenvalue weighted by molar-refractivity contribution is -0.149. The van der Waals surface area contributed by atoms with Crippen LogP contribution in [-0.4, -0.2) is 30.1 Å². The van der Waals surface area contributed by atoms with E-state index >= 15 is 0 Å². The molecule has 1 aromatic carbocycles. The Morgan fingerprint density at radius 2 is 1.81 bits per heavy atom. The first-order chi connectivity index (χ1) is 12.3. The van der Waals surface area contributed by atoms with Crippen molar-refractivity contribution in [3.8, 4) is 5.75 Å². The van der Waals surface area contributed by atoms with Crippen molar-refractivity contribution in [2.45, 2.75) is 20.8 Å². The molecule has 1 heterocycles. The van der Waals surface area contributed by atoms with E-state index in [0.717, 1.165) is 11.1 Å². The van der Waals surface area contributed by atoms with E-state index in [2.05, 4.69) is 10.3 Å². The zero-order valence-electron chi connectivity index (χ0n) is 14.6. The highest BCUT2D eigenvalue weighted by Gasteiger charge is 2.13. The van der Waals surface area contributed by atoms with Gasteiger partial charge in [-0.2, -0.15) is 0 Å². The van der Waals surface area contributed by atoms with Crippen LogP contribution in [0.5, 0.6) is 5.75 Å². The Labute approximate surface area is 161 Å². The molecule has 26 heavy (non-hydrogen) atoms. The quantitative estimate of drug-likeness (QED) is 0.749. The fourth-order valence-electron chi connectivity index (χ4n) is 2.10. The predicted molar refractivity (Wildman–Crippen MR) is 100.0 cm³/mol. The monoisotopic (exact) mass is 396 g/mol. The molecule has 2 rings (SSSR count). The van der Waals surface area contributed by atoms with Crippen molar-refractivity contribution >= 4 is 40.9 Å². The number of ether oxygens (including phenoxy) is 2. The minimum absolute atomic E-state index is 0.154. The molecule has 2 aromatic rings. The number of nitrogens with one attached hydrogen (secondary N) is 1. The molecule has 0 radical (unpaired) electrons. The van der Waals surface area contributed by atoms with Gasteiger partial charge < -0.3 is 14.8 Å². The molecule has 0 aliphatic rings. The normalized spacial score (nSPS) is 10.3. The summed E-state index contributed by atoms with van der Waals surface area (Å²) in [6.45, 7) is 4.75. The Morgan fingerprint density at radius 1 is 1.08 bits per heavy atom. The predicted octanol–water partition coefficient (Wildman–Crippen LogP) is 3.87. The molecule has 0 saturated heterocycles. The van der Waals surface area contributed by atoms with E-state index in [0.29, 0.717) is 16.5 Å². The van der Waals surface area contributed by atoms with Crippen LogP contribution >= 0.6 is 23.2 Å². The van der Waals surface area contributed by atoms with Crippen molar-refractivity contribution in [1.29, 1.82) is 0 Å². The first kappa shape index (κ1) is 20.0. The lowest BCUT2D eigenvalue weighted by atomic mass is 10.1. The van der Waals surface area contributed by atoms with E-state index in [-0.39, 0.29) is 17.4 Å². The second-order valence-electron chi connectivity index (χ2n) is 5.65. The summed E-state index contributed by atoms with van der Waals surface area (Å²) in [7, 11) is 0. The lowest BCUT2D eigenvalue weighted by Crippen LogP contribution is -2.24.